The summed E-state index contributed by atoms with van der Waals surface area (Å²) in [6.45, 7) is 1.78. The number of rotatable bonds is 2. The van der Waals surface area contributed by atoms with E-state index in [1.807, 2.05) is 0 Å². The highest BCUT2D eigenvalue weighted by Crippen LogP contribution is 2.35. The van der Waals surface area contributed by atoms with Crippen LogP contribution in [0.5, 0.6) is 11.5 Å². The molecule has 0 atom stereocenters. The van der Waals surface area contributed by atoms with Gasteiger partial charge in [0, 0.05) is 18.0 Å². The number of ether oxygens (including phenoxy) is 1. The van der Waals surface area contributed by atoms with Crippen LogP contribution in [-0.2, 0) is 6.18 Å². The number of hydrogen-bond acceptors (Lipinski definition) is 3. The van der Waals surface area contributed by atoms with Crippen molar-refractivity contribution in [3.8, 4) is 11.5 Å². The summed E-state index contributed by atoms with van der Waals surface area (Å²) in [5.41, 5.74) is 5.48. The lowest BCUT2D eigenvalue weighted by Crippen LogP contribution is -2.06. The SMILES string of the molecule is Cc1cnccc1Oc1ccc(C(F)(F)F)cc1N. The molecule has 1 aromatic carbocycles. The van der Waals surface area contributed by atoms with Gasteiger partial charge >= 0.3 is 6.18 Å². The first-order chi connectivity index (χ1) is 8.88. The molecule has 19 heavy (non-hydrogen) atoms. The number of nitrogen functional groups attached to an aromatic ring is 1. The van der Waals surface area contributed by atoms with Gasteiger partial charge in [0.1, 0.15) is 11.5 Å². The summed E-state index contributed by atoms with van der Waals surface area (Å²) in [4.78, 5) is 3.90. The normalized spacial score (nSPS) is 11.4. The zero-order valence-corrected chi connectivity index (χ0v) is 10.0. The van der Waals surface area contributed by atoms with Gasteiger partial charge in [-0.3, -0.25) is 4.98 Å². The molecule has 6 heteroatoms. The van der Waals surface area contributed by atoms with Gasteiger partial charge in [-0.25, -0.2) is 0 Å². The van der Waals surface area contributed by atoms with Crippen molar-refractivity contribution in [3.05, 3.63) is 47.8 Å². The van der Waals surface area contributed by atoms with Gasteiger partial charge in [0.2, 0.25) is 0 Å². The quantitative estimate of drug-likeness (QED) is 0.843. The molecule has 0 bridgehead atoms. The fourth-order valence-corrected chi connectivity index (χ4v) is 1.51. The fourth-order valence-electron chi connectivity index (χ4n) is 1.51. The molecular formula is C13H11F3N2O. The van der Waals surface area contributed by atoms with Crippen molar-refractivity contribution in [2.24, 2.45) is 0 Å². The van der Waals surface area contributed by atoms with Gasteiger partial charge < -0.3 is 10.5 Å². The smallest absolute Gasteiger partial charge is 0.416 e. The molecule has 0 saturated heterocycles. The summed E-state index contributed by atoms with van der Waals surface area (Å²) in [5.74, 6) is 0.684. The van der Waals surface area contributed by atoms with Crippen molar-refractivity contribution in [2.75, 3.05) is 5.73 Å². The average Bonchev–Trinajstić information content (AvgIpc) is 2.33. The van der Waals surface area contributed by atoms with Crippen molar-refractivity contribution in [1.29, 1.82) is 0 Å². The summed E-state index contributed by atoms with van der Waals surface area (Å²) in [6, 6.07) is 4.61. The predicted molar refractivity (Wildman–Crippen MR) is 64.9 cm³/mol. The van der Waals surface area contributed by atoms with Gasteiger partial charge in [-0.1, -0.05) is 0 Å². The molecule has 0 aliphatic carbocycles. The molecule has 100 valence electrons. The molecule has 2 rings (SSSR count). The van der Waals surface area contributed by atoms with Crippen molar-refractivity contribution in [1.82, 2.24) is 4.98 Å². The Bertz CT molecular complexity index is 597. The molecule has 0 saturated carbocycles. The standard InChI is InChI=1S/C13H11F3N2O/c1-8-7-18-5-4-11(8)19-12-3-2-9(6-10(12)17)13(14,15)16/h2-7H,17H2,1H3. The van der Waals surface area contributed by atoms with Gasteiger partial charge in [0.05, 0.1) is 11.3 Å². The molecule has 0 unspecified atom stereocenters. The highest BCUT2D eigenvalue weighted by molar-refractivity contribution is 5.56. The Labute approximate surface area is 107 Å². The van der Waals surface area contributed by atoms with Crippen LogP contribution >= 0.6 is 0 Å². The number of aromatic nitrogens is 1. The summed E-state index contributed by atoms with van der Waals surface area (Å²) in [6.07, 6.45) is -1.29. The Hall–Kier alpha value is -2.24. The number of alkyl halides is 3. The average molecular weight is 268 g/mol. The van der Waals surface area contributed by atoms with E-state index >= 15 is 0 Å². The molecule has 1 heterocycles. The Morgan fingerprint density at radius 3 is 2.47 bits per heavy atom. The van der Waals surface area contributed by atoms with Crippen LogP contribution in [-0.4, -0.2) is 4.98 Å². The van der Waals surface area contributed by atoms with E-state index in [4.69, 9.17) is 10.5 Å². The van der Waals surface area contributed by atoms with E-state index in [-0.39, 0.29) is 11.4 Å². The second-order valence-electron chi connectivity index (χ2n) is 3.99. The maximum Gasteiger partial charge on any atom is 0.416 e. The first-order valence-corrected chi connectivity index (χ1v) is 5.43. The zero-order valence-electron chi connectivity index (χ0n) is 10.0. The molecule has 1 aromatic heterocycles. The van der Waals surface area contributed by atoms with Crippen LogP contribution < -0.4 is 10.5 Å². The number of aryl methyl sites for hydroxylation is 1. The molecule has 0 radical (unpaired) electrons. The van der Waals surface area contributed by atoms with E-state index < -0.39 is 11.7 Å². The largest absolute Gasteiger partial charge is 0.455 e. The van der Waals surface area contributed by atoms with E-state index in [0.717, 1.165) is 17.7 Å². The molecule has 0 fully saturated rings. The van der Waals surface area contributed by atoms with Crippen molar-refractivity contribution < 1.29 is 17.9 Å². The molecule has 2 aromatic rings. The minimum Gasteiger partial charge on any atom is -0.455 e. The topological polar surface area (TPSA) is 48.1 Å². The Morgan fingerprint density at radius 1 is 1.16 bits per heavy atom. The zero-order chi connectivity index (χ0) is 14.0. The fraction of sp³-hybridized carbons (Fsp3) is 0.154. The lowest BCUT2D eigenvalue weighted by atomic mass is 10.2. The molecule has 2 N–H and O–H groups in total. The van der Waals surface area contributed by atoms with Gasteiger partial charge in [-0.15, -0.1) is 0 Å². The first kappa shape index (κ1) is 13.2. The Balaban J connectivity index is 2.30. The predicted octanol–water partition coefficient (Wildman–Crippen LogP) is 3.78. The van der Waals surface area contributed by atoms with E-state index in [0.29, 0.717) is 5.75 Å². The molecular weight excluding hydrogens is 257 g/mol. The van der Waals surface area contributed by atoms with E-state index in [9.17, 15) is 13.2 Å². The second kappa shape index (κ2) is 4.79. The third kappa shape index (κ3) is 2.96. The maximum atomic E-state index is 12.5. The van der Waals surface area contributed by atoms with Gasteiger partial charge in [-0.05, 0) is 31.2 Å². The number of halogens is 3. The van der Waals surface area contributed by atoms with E-state index in [1.165, 1.54) is 12.3 Å². The molecule has 0 amide bonds. The van der Waals surface area contributed by atoms with Crippen molar-refractivity contribution in [3.63, 3.8) is 0 Å². The minimum atomic E-state index is -4.42. The minimum absolute atomic E-state index is 0.0639. The van der Waals surface area contributed by atoms with Crippen LogP contribution in [0, 0.1) is 6.92 Å². The lowest BCUT2D eigenvalue weighted by molar-refractivity contribution is -0.137. The van der Waals surface area contributed by atoms with Crippen LogP contribution in [0.3, 0.4) is 0 Å². The Kier molecular flexibility index (Phi) is 3.33. The van der Waals surface area contributed by atoms with Crippen LogP contribution in [0.1, 0.15) is 11.1 Å². The van der Waals surface area contributed by atoms with Gasteiger partial charge in [0.25, 0.3) is 0 Å². The maximum absolute atomic E-state index is 12.5. The van der Waals surface area contributed by atoms with Crippen LogP contribution in [0.4, 0.5) is 18.9 Å². The second-order valence-corrected chi connectivity index (χ2v) is 3.99. The van der Waals surface area contributed by atoms with Gasteiger partial charge in [0.15, 0.2) is 0 Å². The number of nitrogens with two attached hydrogens (primary N) is 1. The number of hydrogen-bond donors (Lipinski definition) is 1. The third-order valence-corrected chi connectivity index (χ3v) is 2.53. The summed E-state index contributed by atoms with van der Waals surface area (Å²) in [5, 5.41) is 0. The van der Waals surface area contributed by atoms with Crippen molar-refractivity contribution in [2.45, 2.75) is 13.1 Å². The highest BCUT2D eigenvalue weighted by Gasteiger charge is 2.31. The number of benzene rings is 1. The molecule has 0 aliphatic heterocycles. The van der Waals surface area contributed by atoms with Gasteiger partial charge in [-0.2, -0.15) is 13.2 Å². The highest BCUT2D eigenvalue weighted by atomic mass is 19.4. The van der Waals surface area contributed by atoms with Crippen LogP contribution in [0.15, 0.2) is 36.7 Å². The summed E-state index contributed by atoms with van der Waals surface area (Å²) in [7, 11) is 0. The van der Waals surface area contributed by atoms with E-state index in [1.54, 1.807) is 19.2 Å². The number of pyridine rings is 1. The monoisotopic (exact) mass is 268 g/mol. The molecule has 3 nitrogen and oxygen atoms in total. The third-order valence-electron chi connectivity index (χ3n) is 2.53. The number of anilines is 1. The van der Waals surface area contributed by atoms with Crippen LogP contribution in [0.25, 0.3) is 0 Å². The lowest BCUT2D eigenvalue weighted by Gasteiger charge is -2.12. The van der Waals surface area contributed by atoms with E-state index in [2.05, 4.69) is 4.98 Å². The van der Waals surface area contributed by atoms with Crippen molar-refractivity contribution >= 4 is 5.69 Å². The molecule has 0 spiro atoms. The summed E-state index contributed by atoms with van der Waals surface area (Å²) >= 11 is 0. The summed E-state index contributed by atoms with van der Waals surface area (Å²) < 4.78 is 42.9. The Morgan fingerprint density at radius 2 is 1.89 bits per heavy atom. The molecule has 0 aliphatic rings. The van der Waals surface area contributed by atoms with Crippen LogP contribution in [0.2, 0.25) is 0 Å². The number of nitrogens with zero attached hydrogens (tertiary/aromatic N) is 1. The first-order valence-electron chi connectivity index (χ1n) is 5.43.